The zero-order chi connectivity index (χ0) is 26.5. The highest BCUT2D eigenvalue weighted by Gasteiger charge is 2.38. The Morgan fingerprint density at radius 3 is 2.42 bits per heavy atom. The van der Waals surface area contributed by atoms with Gasteiger partial charge in [-0.2, -0.15) is 18.2 Å². The summed E-state index contributed by atoms with van der Waals surface area (Å²) in [6.45, 7) is 0.450. The highest BCUT2D eigenvalue weighted by molar-refractivity contribution is 7.18. The Morgan fingerprint density at radius 1 is 0.974 bits per heavy atom. The van der Waals surface area contributed by atoms with Crippen molar-refractivity contribution in [2.75, 3.05) is 13.2 Å². The summed E-state index contributed by atoms with van der Waals surface area (Å²) in [5.41, 5.74) is 2.61. The highest BCUT2D eigenvalue weighted by Crippen LogP contribution is 2.31. The Kier molecular flexibility index (Phi) is 7.13. The summed E-state index contributed by atoms with van der Waals surface area (Å²) in [4.78, 5) is 25.5. The van der Waals surface area contributed by atoms with Gasteiger partial charge in [0, 0.05) is 23.5 Å². The predicted octanol–water partition coefficient (Wildman–Crippen LogP) is 5.75. The minimum Gasteiger partial charge on any atom is -0.492 e. The molecule has 3 heterocycles. The molecule has 12 heteroatoms. The van der Waals surface area contributed by atoms with E-state index >= 15 is 0 Å². The van der Waals surface area contributed by atoms with Gasteiger partial charge in [-0.3, -0.25) is 9.78 Å². The van der Waals surface area contributed by atoms with Crippen molar-refractivity contribution in [2.45, 2.75) is 6.18 Å². The molecule has 0 saturated carbocycles. The fourth-order valence-corrected chi connectivity index (χ4v) is 4.29. The largest absolute Gasteiger partial charge is 0.492 e. The minimum atomic E-state index is -4.70. The van der Waals surface area contributed by atoms with E-state index in [2.05, 4.69) is 29.9 Å². The molecule has 0 atom stereocenters. The maximum atomic E-state index is 12.6. The molecule has 0 aliphatic carbocycles. The molecule has 2 aromatic carbocycles. The third-order valence-corrected chi connectivity index (χ3v) is 6.33. The van der Waals surface area contributed by atoms with Crippen molar-refractivity contribution >= 4 is 17.2 Å². The van der Waals surface area contributed by atoms with Gasteiger partial charge in [0.25, 0.3) is 5.91 Å². The van der Waals surface area contributed by atoms with E-state index in [-0.39, 0.29) is 24.9 Å². The van der Waals surface area contributed by atoms with Crippen molar-refractivity contribution in [1.29, 1.82) is 0 Å². The van der Waals surface area contributed by atoms with Gasteiger partial charge in [-0.25, -0.2) is 4.98 Å². The molecule has 1 amide bonds. The van der Waals surface area contributed by atoms with Crippen LogP contribution < -0.4 is 10.1 Å². The van der Waals surface area contributed by atoms with Gasteiger partial charge in [0.2, 0.25) is 5.82 Å². The summed E-state index contributed by atoms with van der Waals surface area (Å²) in [5, 5.41) is 6.95. The molecule has 1 N–H and O–H groups in total. The Bertz CT molecular complexity index is 1520. The van der Waals surface area contributed by atoms with E-state index in [4.69, 9.17) is 4.74 Å². The average Bonchev–Trinajstić information content (AvgIpc) is 3.63. The summed E-state index contributed by atoms with van der Waals surface area (Å²) >= 11 is 1.52. The van der Waals surface area contributed by atoms with Gasteiger partial charge >= 0.3 is 12.1 Å². The van der Waals surface area contributed by atoms with Gasteiger partial charge < -0.3 is 14.6 Å². The first-order valence-corrected chi connectivity index (χ1v) is 12.1. The van der Waals surface area contributed by atoms with Crippen LogP contribution in [0.5, 0.6) is 5.75 Å². The summed E-state index contributed by atoms with van der Waals surface area (Å²) in [5.74, 6) is -1.35. The molecular formula is C26H18F3N5O3S. The second kappa shape index (κ2) is 10.8. The lowest BCUT2D eigenvalue weighted by Crippen LogP contribution is -2.28. The first-order valence-electron chi connectivity index (χ1n) is 11.3. The molecule has 0 radical (unpaired) electrons. The molecule has 0 aliphatic heterocycles. The molecule has 3 aromatic heterocycles. The summed E-state index contributed by atoms with van der Waals surface area (Å²) in [6, 6.07) is 19.1. The molecule has 38 heavy (non-hydrogen) atoms. The quantitative estimate of drug-likeness (QED) is 0.252. The number of hydrogen-bond acceptors (Lipinski definition) is 8. The molecule has 192 valence electrons. The van der Waals surface area contributed by atoms with Gasteiger partial charge in [0.05, 0.1) is 17.1 Å². The lowest BCUT2D eigenvalue weighted by molar-refractivity contribution is -0.159. The maximum absolute atomic E-state index is 12.6. The van der Waals surface area contributed by atoms with E-state index in [1.807, 2.05) is 30.3 Å². The third kappa shape index (κ3) is 5.86. The topological polar surface area (TPSA) is 103 Å². The van der Waals surface area contributed by atoms with Crippen molar-refractivity contribution < 1.29 is 27.2 Å². The molecule has 0 aliphatic rings. The second-order valence-corrected chi connectivity index (χ2v) is 8.90. The highest BCUT2D eigenvalue weighted by atomic mass is 32.1. The van der Waals surface area contributed by atoms with Gasteiger partial charge in [-0.1, -0.05) is 23.4 Å². The number of pyridine rings is 1. The Labute approximate surface area is 218 Å². The fourth-order valence-electron chi connectivity index (χ4n) is 3.39. The minimum absolute atomic E-state index is 0.175. The number of aromatic nitrogens is 4. The van der Waals surface area contributed by atoms with Crippen molar-refractivity contribution in [3.63, 3.8) is 0 Å². The standard InChI is InChI=1S/C26H18F3N5O3S/c27-26(28,29)25-33-22(34-37-25)17-8-10-19(11-9-17)36-14-13-31-23(35)18-6-4-16(5-7-18)21-15-32-24(38-21)20-3-1-2-12-30-20/h1-12,15H,13-14H2,(H,31,35). The fraction of sp³-hybridized carbons (Fsp3) is 0.115. The molecule has 0 unspecified atom stereocenters. The van der Waals surface area contributed by atoms with Crippen LogP contribution in [0.1, 0.15) is 16.2 Å². The van der Waals surface area contributed by atoms with Crippen LogP contribution in [-0.2, 0) is 6.18 Å². The van der Waals surface area contributed by atoms with E-state index in [1.165, 1.54) is 23.5 Å². The van der Waals surface area contributed by atoms with E-state index in [0.29, 0.717) is 16.9 Å². The monoisotopic (exact) mass is 537 g/mol. The number of rotatable bonds is 8. The number of ether oxygens (including phenoxy) is 1. The van der Waals surface area contributed by atoms with Crippen molar-refractivity contribution in [2.24, 2.45) is 0 Å². The van der Waals surface area contributed by atoms with Crippen LogP contribution in [0.4, 0.5) is 13.2 Å². The molecule has 0 saturated heterocycles. The zero-order valence-electron chi connectivity index (χ0n) is 19.5. The number of alkyl halides is 3. The smallest absolute Gasteiger partial charge is 0.471 e. The predicted molar refractivity (Wildman–Crippen MR) is 133 cm³/mol. The molecule has 0 bridgehead atoms. The van der Waals surface area contributed by atoms with Crippen LogP contribution in [-0.4, -0.2) is 39.2 Å². The number of benzene rings is 2. The van der Waals surface area contributed by atoms with Gasteiger partial charge in [-0.05, 0) is 54.1 Å². The van der Waals surface area contributed by atoms with Crippen LogP contribution in [0.15, 0.2) is 83.6 Å². The van der Waals surface area contributed by atoms with Crippen molar-refractivity contribution in [3.05, 3.63) is 90.6 Å². The molecule has 8 nitrogen and oxygen atoms in total. The second-order valence-electron chi connectivity index (χ2n) is 7.87. The van der Waals surface area contributed by atoms with Crippen LogP contribution in [0.3, 0.4) is 0 Å². The van der Waals surface area contributed by atoms with Crippen molar-refractivity contribution in [1.82, 2.24) is 25.4 Å². The molecule has 5 aromatic rings. The van der Waals surface area contributed by atoms with E-state index in [1.54, 1.807) is 36.7 Å². The molecular weight excluding hydrogens is 519 g/mol. The summed E-state index contributed by atoms with van der Waals surface area (Å²) in [7, 11) is 0. The number of halogens is 3. The lowest BCUT2D eigenvalue weighted by atomic mass is 10.1. The first-order chi connectivity index (χ1) is 18.4. The number of nitrogens with zero attached hydrogens (tertiary/aromatic N) is 4. The number of nitrogens with one attached hydrogen (secondary N) is 1. The summed E-state index contributed by atoms with van der Waals surface area (Å²) in [6.07, 6.45) is -1.19. The van der Waals surface area contributed by atoms with Crippen LogP contribution in [0.2, 0.25) is 0 Å². The normalized spacial score (nSPS) is 11.3. The number of carbonyl (C=O) groups excluding carboxylic acids is 1. The van der Waals surface area contributed by atoms with Crippen LogP contribution in [0, 0.1) is 0 Å². The number of amides is 1. The third-order valence-electron chi connectivity index (χ3n) is 5.26. The van der Waals surface area contributed by atoms with Crippen molar-refractivity contribution in [3.8, 4) is 38.3 Å². The van der Waals surface area contributed by atoms with E-state index in [9.17, 15) is 18.0 Å². The molecule has 5 rings (SSSR count). The average molecular weight is 538 g/mol. The zero-order valence-corrected chi connectivity index (χ0v) is 20.3. The van der Waals surface area contributed by atoms with Gasteiger partial charge in [0.1, 0.15) is 17.4 Å². The molecule has 0 spiro atoms. The van der Waals surface area contributed by atoms with Crippen LogP contribution >= 0.6 is 11.3 Å². The van der Waals surface area contributed by atoms with Crippen LogP contribution in [0.25, 0.3) is 32.5 Å². The summed E-state index contributed by atoms with van der Waals surface area (Å²) < 4.78 is 47.7. The number of hydrogen-bond donors (Lipinski definition) is 1. The Morgan fingerprint density at radius 2 is 1.74 bits per heavy atom. The number of carbonyl (C=O) groups is 1. The SMILES string of the molecule is O=C(NCCOc1ccc(-c2noc(C(F)(F)F)n2)cc1)c1ccc(-c2cnc(-c3ccccn3)s2)cc1. The van der Waals surface area contributed by atoms with E-state index < -0.39 is 12.1 Å². The first kappa shape index (κ1) is 25.1. The Hall–Kier alpha value is -4.58. The van der Waals surface area contributed by atoms with E-state index in [0.717, 1.165) is 21.1 Å². The van der Waals surface area contributed by atoms with Gasteiger partial charge in [-0.15, -0.1) is 11.3 Å². The lowest BCUT2D eigenvalue weighted by Gasteiger charge is -2.08. The molecule has 0 fully saturated rings. The number of thiazole rings is 1. The maximum Gasteiger partial charge on any atom is 0.471 e. The Balaban J connectivity index is 1.10. The van der Waals surface area contributed by atoms with Gasteiger partial charge in [0.15, 0.2) is 0 Å².